The Bertz CT molecular complexity index is 776. The Balaban J connectivity index is 2.09. The predicted octanol–water partition coefficient (Wildman–Crippen LogP) is 2.30. The first-order valence-electron chi connectivity index (χ1n) is 8.76. The molecule has 1 amide bonds. The molecule has 0 fully saturated rings. The molecule has 1 aliphatic rings. The van der Waals surface area contributed by atoms with Crippen LogP contribution in [0.25, 0.3) is 0 Å². The summed E-state index contributed by atoms with van der Waals surface area (Å²) in [5.74, 6) is -0.275. The third kappa shape index (κ3) is 6.09. The second kappa shape index (κ2) is 9.39. The molecule has 3 N–H and O–H groups in total. The summed E-state index contributed by atoms with van der Waals surface area (Å²) in [5, 5.41) is 23.8. The molecule has 0 saturated carbocycles. The molecule has 0 spiro atoms. The average molecular weight is 461 g/mol. The molecule has 0 aliphatic heterocycles. The third-order valence-corrected chi connectivity index (χ3v) is 4.94. The number of carbonyl (C=O) groups excluding carboxylic acids is 1. The van der Waals surface area contributed by atoms with Gasteiger partial charge in [0, 0.05) is 0 Å². The molecule has 0 aromatic heterocycles. The normalized spacial score (nSPS) is 16.9. The van der Waals surface area contributed by atoms with Crippen LogP contribution in [0.2, 0.25) is 0 Å². The Kier molecular flexibility index (Phi) is 7.46. The summed E-state index contributed by atoms with van der Waals surface area (Å²) < 4.78 is 0.623. The van der Waals surface area contributed by atoms with E-state index in [0.717, 1.165) is 10.6 Å². The standard InChI is InChI=1S/C21H26N2O3.Pd/c1-21(2,3)23(26)14-17-10-7-11-18(12-17)20(25)22-19(15-24)13-16-8-5-4-6-9-16;/h4-11,14,19,24,26H,13,15H2,1-3H3,(H,22,25);/b17-14-;. The molecule has 1 atom stereocenters. The molecule has 1 unspecified atom stereocenters. The Morgan fingerprint density at radius 3 is 2.56 bits per heavy atom. The van der Waals surface area contributed by atoms with Gasteiger partial charge in [0.2, 0.25) is 0 Å². The van der Waals surface area contributed by atoms with E-state index < -0.39 is 5.54 Å². The number of amides is 1. The molecular formula is C21H26N2O3Pd. The summed E-state index contributed by atoms with van der Waals surface area (Å²) in [6.45, 7) is 5.49. The molecule has 148 valence electrons. The van der Waals surface area contributed by atoms with Gasteiger partial charge in [0.15, 0.2) is 0 Å². The van der Waals surface area contributed by atoms with Crippen molar-refractivity contribution in [1.82, 2.24) is 10.4 Å². The van der Waals surface area contributed by atoms with E-state index in [2.05, 4.69) is 24.1 Å². The van der Waals surface area contributed by atoms with Gasteiger partial charge in [-0.15, -0.1) is 0 Å². The van der Waals surface area contributed by atoms with Crippen molar-refractivity contribution in [2.75, 3.05) is 6.61 Å². The van der Waals surface area contributed by atoms with Gasteiger partial charge in [-0.05, 0) is 0 Å². The zero-order chi connectivity index (χ0) is 20.0. The van der Waals surface area contributed by atoms with E-state index in [0.29, 0.717) is 21.5 Å². The molecule has 0 heterocycles. The van der Waals surface area contributed by atoms with Crippen LogP contribution in [0, 0.1) is 0 Å². The van der Waals surface area contributed by atoms with Crippen molar-refractivity contribution in [3.05, 3.63) is 71.5 Å². The zero-order valence-electron chi connectivity index (χ0n) is 15.8. The Hall–Kier alpha value is -1.84. The van der Waals surface area contributed by atoms with Crippen molar-refractivity contribution in [2.24, 2.45) is 0 Å². The van der Waals surface area contributed by atoms with Crippen LogP contribution in [0.3, 0.4) is 0 Å². The van der Waals surface area contributed by atoms with Crippen LogP contribution >= 0.6 is 0 Å². The topological polar surface area (TPSA) is 72.8 Å². The SMILES string of the molecule is CC(C)(C)N(O)/C=C1/C=CC=C(C(=O)NC(CO)Cc2ccccc2)[C]1=[Pd]. The van der Waals surface area contributed by atoms with Gasteiger partial charge in [0.1, 0.15) is 0 Å². The van der Waals surface area contributed by atoms with E-state index in [9.17, 15) is 15.1 Å². The first-order valence-corrected chi connectivity index (χ1v) is 9.54. The van der Waals surface area contributed by atoms with Crippen LogP contribution in [0.1, 0.15) is 26.3 Å². The Labute approximate surface area is 171 Å². The number of carbonyl (C=O) groups is 1. The molecule has 0 radical (unpaired) electrons. The quantitative estimate of drug-likeness (QED) is 0.450. The van der Waals surface area contributed by atoms with E-state index in [1.165, 1.54) is 0 Å². The second-order valence-electron chi connectivity index (χ2n) is 7.37. The number of aliphatic hydroxyl groups is 1. The van der Waals surface area contributed by atoms with E-state index in [-0.39, 0.29) is 18.6 Å². The monoisotopic (exact) mass is 460 g/mol. The van der Waals surface area contributed by atoms with E-state index in [1.807, 2.05) is 57.2 Å². The van der Waals surface area contributed by atoms with Crippen molar-refractivity contribution in [2.45, 2.75) is 38.8 Å². The number of nitrogens with one attached hydrogen (secondary N) is 1. The summed E-state index contributed by atoms with van der Waals surface area (Å²) in [6, 6.07) is 9.33. The van der Waals surface area contributed by atoms with Gasteiger partial charge in [0.05, 0.1) is 0 Å². The maximum atomic E-state index is 12.7. The summed E-state index contributed by atoms with van der Waals surface area (Å²) in [5.41, 5.74) is 1.74. The van der Waals surface area contributed by atoms with E-state index >= 15 is 0 Å². The molecule has 0 bridgehead atoms. The summed E-state index contributed by atoms with van der Waals surface area (Å²) >= 11 is 3.14. The minimum absolute atomic E-state index is 0.151. The van der Waals surface area contributed by atoms with Crippen LogP contribution in [-0.4, -0.2) is 43.5 Å². The van der Waals surface area contributed by atoms with E-state index in [1.54, 1.807) is 18.4 Å². The van der Waals surface area contributed by atoms with Crippen molar-refractivity contribution >= 4 is 9.89 Å². The van der Waals surface area contributed by atoms with Crippen molar-refractivity contribution < 1.29 is 33.9 Å². The number of rotatable bonds is 6. The van der Waals surface area contributed by atoms with Gasteiger partial charge in [-0.25, -0.2) is 0 Å². The van der Waals surface area contributed by atoms with Gasteiger partial charge in [-0.2, -0.15) is 0 Å². The number of allylic oxidation sites excluding steroid dienone is 4. The molecule has 5 nitrogen and oxygen atoms in total. The van der Waals surface area contributed by atoms with Crippen molar-refractivity contribution in [3.8, 4) is 0 Å². The second-order valence-corrected chi connectivity index (χ2v) is 8.14. The van der Waals surface area contributed by atoms with Crippen LogP contribution < -0.4 is 5.32 Å². The molecule has 1 aromatic rings. The Morgan fingerprint density at radius 1 is 1.30 bits per heavy atom. The molecule has 27 heavy (non-hydrogen) atoms. The van der Waals surface area contributed by atoms with Gasteiger partial charge >= 0.3 is 171 Å². The van der Waals surface area contributed by atoms with Crippen molar-refractivity contribution in [1.29, 1.82) is 0 Å². The number of hydrogen-bond donors (Lipinski definition) is 3. The van der Waals surface area contributed by atoms with Crippen LogP contribution in [0.4, 0.5) is 0 Å². The third-order valence-electron chi connectivity index (χ3n) is 4.07. The first kappa shape index (κ1) is 21.5. The van der Waals surface area contributed by atoms with Crippen LogP contribution in [-0.2, 0) is 30.0 Å². The maximum absolute atomic E-state index is 12.7. The fourth-order valence-corrected chi connectivity index (χ4v) is 2.99. The molecule has 1 aliphatic carbocycles. The van der Waals surface area contributed by atoms with E-state index in [4.69, 9.17) is 0 Å². The van der Waals surface area contributed by atoms with Gasteiger partial charge in [0.25, 0.3) is 0 Å². The average Bonchev–Trinajstić information content (AvgIpc) is 2.62. The van der Waals surface area contributed by atoms with Gasteiger partial charge in [-0.3, -0.25) is 0 Å². The Morgan fingerprint density at radius 2 is 1.96 bits per heavy atom. The predicted molar refractivity (Wildman–Crippen MR) is 103 cm³/mol. The molecule has 0 saturated heterocycles. The number of benzene rings is 1. The van der Waals surface area contributed by atoms with Crippen LogP contribution in [0.15, 0.2) is 65.9 Å². The number of hydrogen-bond acceptors (Lipinski definition) is 4. The fraction of sp³-hybridized carbons (Fsp3) is 0.333. The van der Waals surface area contributed by atoms with Gasteiger partial charge in [-0.1, -0.05) is 0 Å². The summed E-state index contributed by atoms with van der Waals surface area (Å²) in [4.78, 5) is 12.7. The summed E-state index contributed by atoms with van der Waals surface area (Å²) in [6.07, 6.45) is 7.42. The zero-order valence-corrected chi connectivity index (χ0v) is 17.3. The molecular weight excluding hydrogens is 435 g/mol. The number of aliphatic hydroxyl groups excluding tert-OH is 1. The minimum atomic E-state index is -0.459. The summed E-state index contributed by atoms with van der Waals surface area (Å²) in [7, 11) is 0. The number of hydroxylamine groups is 2. The fourth-order valence-electron chi connectivity index (χ4n) is 2.45. The first-order chi connectivity index (χ1) is 12.7. The molecule has 1 aromatic carbocycles. The molecule has 6 heteroatoms. The van der Waals surface area contributed by atoms with Crippen molar-refractivity contribution in [3.63, 3.8) is 0 Å². The van der Waals surface area contributed by atoms with Crippen LogP contribution in [0.5, 0.6) is 0 Å². The van der Waals surface area contributed by atoms with Gasteiger partial charge < -0.3 is 0 Å². The number of nitrogens with zero attached hydrogens (tertiary/aromatic N) is 1. The molecule has 2 rings (SSSR count).